The van der Waals surface area contributed by atoms with Crippen molar-refractivity contribution in [1.29, 1.82) is 0 Å². The fraction of sp³-hybridized carbons (Fsp3) is 0.333. The summed E-state index contributed by atoms with van der Waals surface area (Å²) in [5.74, 6) is 0. The molecule has 0 aliphatic rings. The summed E-state index contributed by atoms with van der Waals surface area (Å²) in [4.78, 5) is 25.9. The highest BCUT2D eigenvalue weighted by Gasteiger charge is 2.32. The summed E-state index contributed by atoms with van der Waals surface area (Å²) >= 11 is 0. The number of hydrogen-bond acceptors (Lipinski definition) is 5. The van der Waals surface area contributed by atoms with Gasteiger partial charge in [0.2, 0.25) is 0 Å². The summed E-state index contributed by atoms with van der Waals surface area (Å²) in [6.07, 6.45) is -3.29. The topological polar surface area (TPSA) is 134 Å². The number of halogens is 3. The van der Waals surface area contributed by atoms with Gasteiger partial charge in [0.1, 0.15) is 0 Å². The summed E-state index contributed by atoms with van der Waals surface area (Å²) in [5, 5.41) is 9.20. The molecule has 0 aromatic heterocycles. The standard InChI is InChI=1S/C12H15F3O8P2/c13-12(14,15)11-3-1-9(2-4-11)7-10(8-16)5-6-22-25(20,21)23-24(17,18)19/h1-5,16H,6-8H2,(H,20,21)(H2,17,18,19)/b10-5-. The Morgan fingerprint density at radius 3 is 2.12 bits per heavy atom. The largest absolute Gasteiger partial charge is 0.481 e. The molecule has 0 heterocycles. The highest BCUT2D eigenvalue weighted by Crippen LogP contribution is 2.57. The lowest BCUT2D eigenvalue weighted by molar-refractivity contribution is -0.137. The third kappa shape index (κ3) is 8.75. The molecular weight excluding hydrogens is 391 g/mol. The van der Waals surface area contributed by atoms with Gasteiger partial charge < -0.3 is 19.8 Å². The highest BCUT2D eigenvalue weighted by atomic mass is 31.3. The van der Waals surface area contributed by atoms with Crippen molar-refractivity contribution in [3.05, 3.63) is 47.0 Å². The lowest BCUT2D eigenvalue weighted by Gasteiger charge is -2.12. The molecule has 25 heavy (non-hydrogen) atoms. The first-order valence-electron chi connectivity index (χ1n) is 6.51. The van der Waals surface area contributed by atoms with E-state index in [1.807, 2.05) is 0 Å². The van der Waals surface area contributed by atoms with Crippen molar-refractivity contribution < 1.29 is 50.9 Å². The summed E-state index contributed by atoms with van der Waals surface area (Å²) < 4.78 is 66.9. The Bertz CT molecular complexity index is 695. The predicted molar refractivity (Wildman–Crippen MR) is 79.2 cm³/mol. The minimum atomic E-state index is -5.23. The Balaban J connectivity index is 2.68. The quantitative estimate of drug-likeness (QED) is 0.382. The molecule has 0 amide bonds. The molecule has 1 rings (SSSR count). The number of benzene rings is 1. The van der Waals surface area contributed by atoms with Gasteiger partial charge in [0.25, 0.3) is 0 Å². The van der Waals surface area contributed by atoms with Crippen LogP contribution in [0.25, 0.3) is 0 Å². The molecular formula is C12H15F3O8P2. The van der Waals surface area contributed by atoms with Crippen molar-refractivity contribution in [3.63, 3.8) is 0 Å². The lowest BCUT2D eigenvalue weighted by atomic mass is 10.0. The maximum absolute atomic E-state index is 12.5. The van der Waals surface area contributed by atoms with Crippen LogP contribution in [0.2, 0.25) is 0 Å². The van der Waals surface area contributed by atoms with Crippen LogP contribution in [0.3, 0.4) is 0 Å². The fourth-order valence-corrected chi connectivity index (χ4v) is 3.20. The number of phosphoric ester groups is 1. The number of phosphoric acid groups is 2. The fourth-order valence-electron chi connectivity index (χ4n) is 1.67. The van der Waals surface area contributed by atoms with Gasteiger partial charge in [0.05, 0.1) is 18.8 Å². The normalized spacial score (nSPS) is 15.9. The van der Waals surface area contributed by atoms with Crippen molar-refractivity contribution >= 4 is 15.6 Å². The maximum atomic E-state index is 12.5. The number of aliphatic hydroxyl groups is 1. The second-order valence-corrected chi connectivity index (χ2v) is 7.56. The van der Waals surface area contributed by atoms with Gasteiger partial charge in [-0.3, -0.25) is 4.52 Å². The molecule has 0 saturated heterocycles. The Labute approximate surface area is 140 Å². The molecule has 4 N–H and O–H groups in total. The minimum absolute atomic E-state index is 0.0348. The van der Waals surface area contributed by atoms with E-state index in [4.69, 9.17) is 14.7 Å². The Morgan fingerprint density at radius 1 is 1.12 bits per heavy atom. The van der Waals surface area contributed by atoms with Crippen LogP contribution in [0.5, 0.6) is 0 Å². The molecule has 0 saturated carbocycles. The Hall–Kier alpha value is -1.03. The van der Waals surface area contributed by atoms with Crippen LogP contribution < -0.4 is 0 Å². The van der Waals surface area contributed by atoms with Crippen LogP contribution in [0.1, 0.15) is 11.1 Å². The third-order valence-corrected chi connectivity index (χ3v) is 4.89. The first-order valence-corrected chi connectivity index (χ1v) is 9.54. The Kier molecular flexibility index (Phi) is 7.54. The van der Waals surface area contributed by atoms with Crippen LogP contribution in [0.15, 0.2) is 35.9 Å². The van der Waals surface area contributed by atoms with Crippen molar-refractivity contribution in [2.24, 2.45) is 0 Å². The minimum Gasteiger partial charge on any atom is -0.392 e. The Morgan fingerprint density at radius 2 is 1.68 bits per heavy atom. The molecule has 0 radical (unpaired) electrons. The highest BCUT2D eigenvalue weighted by molar-refractivity contribution is 7.60. The second-order valence-electron chi connectivity index (χ2n) is 4.73. The van der Waals surface area contributed by atoms with Gasteiger partial charge in [0, 0.05) is 0 Å². The van der Waals surface area contributed by atoms with E-state index in [1.165, 1.54) is 12.1 Å². The average Bonchev–Trinajstić information content (AvgIpc) is 2.43. The summed E-state index contributed by atoms with van der Waals surface area (Å²) in [6.45, 7) is -1.14. The second kappa shape index (κ2) is 8.57. The predicted octanol–water partition coefficient (Wildman–Crippen LogP) is 2.39. The zero-order valence-corrected chi connectivity index (χ0v) is 14.2. The molecule has 1 unspecified atom stereocenters. The van der Waals surface area contributed by atoms with Gasteiger partial charge in [-0.15, -0.1) is 0 Å². The van der Waals surface area contributed by atoms with Gasteiger partial charge in [-0.2, -0.15) is 17.5 Å². The van der Waals surface area contributed by atoms with Gasteiger partial charge in [-0.25, -0.2) is 9.13 Å². The van der Waals surface area contributed by atoms with E-state index >= 15 is 0 Å². The van der Waals surface area contributed by atoms with Crippen molar-refractivity contribution in [3.8, 4) is 0 Å². The smallest absolute Gasteiger partial charge is 0.392 e. The monoisotopic (exact) mass is 406 g/mol. The van der Waals surface area contributed by atoms with Crippen LogP contribution in [0.4, 0.5) is 13.2 Å². The molecule has 0 bridgehead atoms. The van der Waals surface area contributed by atoms with E-state index in [2.05, 4.69) is 8.83 Å². The first-order chi connectivity index (χ1) is 11.3. The van der Waals surface area contributed by atoms with E-state index in [-0.39, 0.29) is 12.0 Å². The zero-order chi connectivity index (χ0) is 19.3. The van der Waals surface area contributed by atoms with Crippen molar-refractivity contribution in [2.45, 2.75) is 12.6 Å². The first kappa shape index (κ1) is 22.0. The number of alkyl halides is 3. The molecule has 0 spiro atoms. The van der Waals surface area contributed by atoms with Crippen LogP contribution in [-0.4, -0.2) is 33.0 Å². The van der Waals surface area contributed by atoms with E-state index < -0.39 is 40.6 Å². The zero-order valence-electron chi connectivity index (χ0n) is 12.5. The third-order valence-electron chi connectivity index (χ3n) is 2.73. The molecule has 0 fully saturated rings. The van der Waals surface area contributed by atoms with Gasteiger partial charge >= 0.3 is 21.8 Å². The molecule has 0 aliphatic carbocycles. The molecule has 1 aromatic rings. The number of aliphatic hydroxyl groups excluding tert-OH is 1. The molecule has 1 atom stereocenters. The van der Waals surface area contributed by atoms with Crippen molar-refractivity contribution in [2.75, 3.05) is 13.2 Å². The molecule has 8 nitrogen and oxygen atoms in total. The van der Waals surface area contributed by atoms with Crippen LogP contribution in [0, 0.1) is 0 Å². The summed E-state index contributed by atoms with van der Waals surface area (Å²) in [7, 11) is -10.2. The van der Waals surface area contributed by atoms with Crippen LogP contribution >= 0.6 is 15.6 Å². The van der Waals surface area contributed by atoms with Crippen LogP contribution in [-0.2, 0) is 30.6 Å². The molecule has 0 aliphatic heterocycles. The molecule has 13 heteroatoms. The average molecular weight is 406 g/mol. The number of hydrogen-bond donors (Lipinski definition) is 4. The number of rotatable bonds is 8. The summed E-state index contributed by atoms with van der Waals surface area (Å²) in [6, 6.07) is 4.16. The lowest BCUT2D eigenvalue weighted by Crippen LogP contribution is -2.05. The van der Waals surface area contributed by atoms with Crippen molar-refractivity contribution in [1.82, 2.24) is 0 Å². The summed E-state index contributed by atoms with van der Waals surface area (Å²) in [5.41, 5.74) is -0.146. The van der Waals surface area contributed by atoms with Gasteiger partial charge in [-0.05, 0) is 29.7 Å². The van der Waals surface area contributed by atoms with E-state index in [1.54, 1.807) is 0 Å². The maximum Gasteiger partial charge on any atom is 0.481 e. The SMILES string of the molecule is O=P(O)(O)OP(=O)(O)OC/C=C(\CO)Cc1ccc(C(F)(F)F)cc1. The molecule has 142 valence electrons. The van der Waals surface area contributed by atoms with E-state index in [9.17, 15) is 27.4 Å². The van der Waals surface area contributed by atoms with E-state index in [0.717, 1.165) is 18.2 Å². The van der Waals surface area contributed by atoms with E-state index in [0.29, 0.717) is 5.56 Å². The van der Waals surface area contributed by atoms with Gasteiger partial charge in [-0.1, -0.05) is 18.2 Å². The molecule has 1 aromatic carbocycles. The van der Waals surface area contributed by atoms with Gasteiger partial charge in [0.15, 0.2) is 0 Å².